The summed E-state index contributed by atoms with van der Waals surface area (Å²) in [5.74, 6) is 0.859. The van der Waals surface area contributed by atoms with Gasteiger partial charge in [-0.3, -0.25) is 0 Å². The van der Waals surface area contributed by atoms with Crippen molar-refractivity contribution in [2.75, 3.05) is 31.6 Å². The zero-order valence-corrected chi connectivity index (χ0v) is 11.2. The summed E-state index contributed by atoms with van der Waals surface area (Å²) in [6, 6.07) is 0.719. The van der Waals surface area contributed by atoms with Crippen molar-refractivity contribution >= 4 is 16.5 Å². The second-order valence-corrected chi connectivity index (χ2v) is 6.08. The monoisotopic (exact) mass is 252 g/mol. The lowest BCUT2D eigenvalue weighted by Crippen LogP contribution is -2.41. The summed E-state index contributed by atoms with van der Waals surface area (Å²) in [6.07, 6.45) is 5.34. The smallest absolute Gasteiger partial charge is 0.208 e. The van der Waals surface area contributed by atoms with Gasteiger partial charge >= 0.3 is 0 Å². The fourth-order valence-corrected chi connectivity index (χ4v) is 3.87. The standard InChI is InChI=1S/C12H20N4S/c1-15-7-4-10(5-8-15)11-3-2-6-16(11)12-14-13-9-17-12/h9-11H,2-8H2,1H3/t11-/m0/s1. The SMILES string of the molecule is CN1CCC([C@@H]2CCCN2c2nncs2)CC1. The summed E-state index contributed by atoms with van der Waals surface area (Å²) in [4.78, 5) is 4.95. The van der Waals surface area contributed by atoms with Crippen LogP contribution in [-0.4, -0.2) is 47.8 Å². The molecule has 1 atom stereocenters. The van der Waals surface area contributed by atoms with Crippen LogP contribution in [0.4, 0.5) is 5.13 Å². The second kappa shape index (κ2) is 4.90. The molecule has 0 radical (unpaired) electrons. The van der Waals surface area contributed by atoms with E-state index in [0.717, 1.165) is 17.1 Å². The van der Waals surface area contributed by atoms with Crippen molar-refractivity contribution in [2.24, 2.45) is 5.92 Å². The fourth-order valence-electron chi connectivity index (χ4n) is 3.23. The molecule has 0 saturated carbocycles. The first-order chi connectivity index (χ1) is 8.34. The van der Waals surface area contributed by atoms with E-state index in [4.69, 9.17) is 0 Å². The van der Waals surface area contributed by atoms with Gasteiger partial charge in [0.05, 0.1) is 0 Å². The summed E-state index contributed by atoms with van der Waals surface area (Å²) in [5.41, 5.74) is 1.85. The van der Waals surface area contributed by atoms with Crippen LogP contribution in [-0.2, 0) is 0 Å². The van der Waals surface area contributed by atoms with E-state index < -0.39 is 0 Å². The summed E-state index contributed by atoms with van der Waals surface area (Å²) < 4.78 is 0. The highest BCUT2D eigenvalue weighted by atomic mass is 32.1. The highest BCUT2D eigenvalue weighted by Gasteiger charge is 2.34. The Bertz CT molecular complexity index is 345. The number of piperidine rings is 1. The molecule has 3 heterocycles. The predicted molar refractivity (Wildman–Crippen MR) is 70.5 cm³/mol. The van der Waals surface area contributed by atoms with Crippen LogP contribution < -0.4 is 4.90 Å². The summed E-state index contributed by atoms with van der Waals surface area (Å²) in [7, 11) is 2.23. The van der Waals surface area contributed by atoms with Crippen LogP contribution in [0.3, 0.4) is 0 Å². The van der Waals surface area contributed by atoms with Gasteiger partial charge in [-0.1, -0.05) is 11.3 Å². The first kappa shape index (κ1) is 11.4. The Hall–Kier alpha value is -0.680. The van der Waals surface area contributed by atoms with Gasteiger partial charge in [-0.15, -0.1) is 10.2 Å². The van der Waals surface area contributed by atoms with Crippen LogP contribution in [0, 0.1) is 5.92 Å². The molecule has 1 aromatic rings. The lowest BCUT2D eigenvalue weighted by molar-refractivity contribution is 0.199. The van der Waals surface area contributed by atoms with Crippen molar-refractivity contribution in [1.29, 1.82) is 0 Å². The average Bonchev–Trinajstić information content (AvgIpc) is 3.00. The van der Waals surface area contributed by atoms with Crippen molar-refractivity contribution in [3.8, 4) is 0 Å². The minimum atomic E-state index is 0.719. The Kier molecular flexibility index (Phi) is 3.29. The second-order valence-electron chi connectivity index (χ2n) is 5.26. The third-order valence-electron chi connectivity index (χ3n) is 4.20. The minimum absolute atomic E-state index is 0.719. The molecule has 0 unspecified atom stereocenters. The number of likely N-dealkylation sites (tertiary alicyclic amines) is 1. The summed E-state index contributed by atoms with van der Waals surface area (Å²) in [5, 5.41) is 9.35. The van der Waals surface area contributed by atoms with Crippen LogP contribution in [0.2, 0.25) is 0 Å². The Morgan fingerprint density at radius 1 is 1.24 bits per heavy atom. The molecule has 1 aromatic heterocycles. The fraction of sp³-hybridized carbons (Fsp3) is 0.833. The van der Waals surface area contributed by atoms with E-state index in [0.29, 0.717) is 0 Å². The van der Waals surface area contributed by atoms with Crippen LogP contribution in [0.1, 0.15) is 25.7 Å². The first-order valence-electron chi connectivity index (χ1n) is 6.56. The average molecular weight is 252 g/mol. The van der Waals surface area contributed by atoms with E-state index in [2.05, 4.69) is 27.0 Å². The zero-order valence-electron chi connectivity index (χ0n) is 10.4. The molecular formula is C12H20N4S. The van der Waals surface area contributed by atoms with E-state index in [1.54, 1.807) is 11.3 Å². The van der Waals surface area contributed by atoms with Crippen molar-refractivity contribution in [2.45, 2.75) is 31.7 Å². The largest absolute Gasteiger partial charge is 0.343 e. The predicted octanol–water partition coefficient (Wildman–Crippen LogP) is 1.85. The number of hydrogen-bond acceptors (Lipinski definition) is 5. The summed E-state index contributed by atoms with van der Waals surface area (Å²) in [6.45, 7) is 3.68. The molecule has 0 amide bonds. The Morgan fingerprint density at radius 2 is 2.06 bits per heavy atom. The van der Waals surface area contributed by atoms with E-state index >= 15 is 0 Å². The third kappa shape index (κ3) is 2.31. The molecule has 94 valence electrons. The van der Waals surface area contributed by atoms with Gasteiger partial charge in [-0.05, 0) is 51.7 Å². The van der Waals surface area contributed by atoms with Crippen molar-refractivity contribution in [1.82, 2.24) is 15.1 Å². The van der Waals surface area contributed by atoms with Gasteiger partial charge in [0.15, 0.2) is 0 Å². The number of aromatic nitrogens is 2. The molecule has 5 heteroatoms. The lowest BCUT2D eigenvalue weighted by atomic mass is 9.88. The maximum Gasteiger partial charge on any atom is 0.208 e. The minimum Gasteiger partial charge on any atom is -0.343 e. The lowest BCUT2D eigenvalue weighted by Gasteiger charge is -2.36. The molecule has 2 saturated heterocycles. The van der Waals surface area contributed by atoms with Gasteiger partial charge in [0.1, 0.15) is 5.51 Å². The van der Waals surface area contributed by atoms with E-state index in [1.807, 2.05) is 5.51 Å². The normalized spacial score (nSPS) is 27.8. The first-order valence-corrected chi connectivity index (χ1v) is 7.44. The quantitative estimate of drug-likeness (QED) is 0.804. The molecule has 2 fully saturated rings. The molecule has 0 N–H and O–H groups in total. The molecule has 2 aliphatic heterocycles. The molecule has 0 aromatic carbocycles. The van der Waals surface area contributed by atoms with Crippen molar-refractivity contribution in [3.63, 3.8) is 0 Å². The van der Waals surface area contributed by atoms with Gasteiger partial charge < -0.3 is 9.80 Å². The van der Waals surface area contributed by atoms with Crippen LogP contribution >= 0.6 is 11.3 Å². The molecule has 2 aliphatic rings. The highest BCUT2D eigenvalue weighted by Crippen LogP contribution is 2.34. The van der Waals surface area contributed by atoms with Crippen molar-refractivity contribution < 1.29 is 0 Å². The molecule has 4 nitrogen and oxygen atoms in total. The Balaban J connectivity index is 1.69. The van der Waals surface area contributed by atoms with E-state index in [9.17, 15) is 0 Å². The van der Waals surface area contributed by atoms with Crippen LogP contribution in [0.15, 0.2) is 5.51 Å². The summed E-state index contributed by atoms with van der Waals surface area (Å²) >= 11 is 1.68. The topological polar surface area (TPSA) is 32.3 Å². The number of rotatable bonds is 2. The highest BCUT2D eigenvalue weighted by molar-refractivity contribution is 7.13. The van der Waals surface area contributed by atoms with Gasteiger partial charge in [-0.25, -0.2) is 0 Å². The number of hydrogen-bond donors (Lipinski definition) is 0. The zero-order chi connectivity index (χ0) is 11.7. The molecule has 0 spiro atoms. The maximum absolute atomic E-state index is 4.24. The molecule has 17 heavy (non-hydrogen) atoms. The van der Waals surface area contributed by atoms with Crippen LogP contribution in [0.5, 0.6) is 0 Å². The van der Waals surface area contributed by atoms with Crippen LogP contribution in [0.25, 0.3) is 0 Å². The van der Waals surface area contributed by atoms with E-state index in [1.165, 1.54) is 45.3 Å². The Labute approximate surface area is 107 Å². The molecular weight excluding hydrogens is 232 g/mol. The number of nitrogens with zero attached hydrogens (tertiary/aromatic N) is 4. The molecule has 3 rings (SSSR count). The van der Waals surface area contributed by atoms with Gasteiger partial charge in [0, 0.05) is 12.6 Å². The maximum atomic E-state index is 4.24. The van der Waals surface area contributed by atoms with Gasteiger partial charge in [-0.2, -0.15) is 0 Å². The number of anilines is 1. The Morgan fingerprint density at radius 3 is 2.76 bits per heavy atom. The van der Waals surface area contributed by atoms with Crippen molar-refractivity contribution in [3.05, 3.63) is 5.51 Å². The van der Waals surface area contributed by atoms with Gasteiger partial charge in [0.2, 0.25) is 5.13 Å². The molecule has 0 aliphatic carbocycles. The molecule has 0 bridgehead atoms. The van der Waals surface area contributed by atoms with E-state index in [-0.39, 0.29) is 0 Å². The van der Waals surface area contributed by atoms with Gasteiger partial charge in [0.25, 0.3) is 0 Å². The third-order valence-corrected chi connectivity index (χ3v) is 4.93.